The van der Waals surface area contributed by atoms with Crippen LogP contribution in [0.1, 0.15) is 35.1 Å². The summed E-state index contributed by atoms with van der Waals surface area (Å²) in [6, 6.07) is 15.7. The molecular weight excluding hydrogens is 368 g/mol. The van der Waals surface area contributed by atoms with E-state index >= 15 is 0 Å². The molecule has 0 amide bonds. The second kappa shape index (κ2) is 11.8. The van der Waals surface area contributed by atoms with Gasteiger partial charge in [0.05, 0.1) is 27.1 Å². The molecule has 0 spiro atoms. The Morgan fingerprint density at radius 1 is 0.724 bits per heavy atom. The highest BCUT2D eigenvalue weighted by molar-refractivity contribution is 5.72. The predicted octanol–water partition coefficient (Wildman–Crippen LogP) is 3.50. The van der Waals surface area contributed by atoms with Crippen LogP contribution >= 0.6 is 0 Å². The van der Waals surface area contributed by atoms with Gasteiger partial charge in [0.25, 0.3) is 0 Å². The van der Waals surface area contributed by atoms with Crippen molar-refractivity contribution >= 4 is 18.2 Å². The highest BCUT2D eigenvalue weighted by atomic mass is 16.5. The Bertz CT molecular complexity index is 728. The third kappa shape index (κ3) is 7.90. The number of methoxy groups -OCH3 is 2. The minimum Gasteiger partial charge on any atom is -0.469 e. The summed E-state index contributed by atoms with van der Waals surface area (Å²) in [4.78, 5) is 34.1. The van der Waals surface area contributed by atoms with Gasteiger partial charge in [0.1, 0.15) is 6.29 Å². The van der Waals surface area contributed by atoms with Crippen LogP contribution < -0.4 is 0 Å². The van der Waals surface area contributed by atoms with Gasteiger partial charge in [-0.25, -0.2) is 0 Å². The Morgan fingerprint density at radius 3 is 1.38 bits per heavy atom. The summed E-state index contributed by atoms with van der Waals surface area (Å²) in [5, 5.41) is 0. The van der Waals surface area contributed by atoms with Gasteiger partial charge in [-0.1, -0.05) is 48.5 Å². The average Bonchev–Trinajstić information content (AvgIpc) is 2.75. The van der Waals surface area contributed by atoms with E-state index < -0.39 is 0 Å². The highest BCUT2D eigenvalue weighted by Gasteiger charge is 2.10. The number of hydrogen-bond donors (Lipinski definition) is 0. The van der Waals surface area contributed by atoms with E-state index in [-0.39, 0.29) is 30.7 Å². The van der Waals surface area contributed by atoms with Crippen molar-refractivity contribution in [2.75, 3.05) is 14.2 Å². The average molecular weight is 396 g/mol. The zero-order valence-electron chi connectivity index (χ0n) is 17.1. The van der Waals surface area contributed by atoms with Crippen molar-refractivity contribution in [2.45, 2.75) is 38.5 Å². The van der Waals surface area contributed by atoms with E-state index in [2.05, 4.69) is 9.47 Å². The quantitative estimate of drug-likeness (QED) is 0.429. The van der Waals surface area contributed by atoms with Crippen molar-refractivity contribution in [1.82, 2.24) is 0 Å². The lowest BCUT2D eigenvalue weighted by Crippen LogP contribution is -2.07. The van der Waals surface area contributed by atoms with Crippen LogP contribution in [0.15, 0.2) is 48.5 Å². The van der Waals surface area contributed by atoms with Gasteiger partial charge in [-0.05, 0) is 47.9 Å². The highest BCUT2D eigenvalue weighted by Crippen LogP contribution is 2.16. The van der Waals surface area contributed by atoms with Crippen molar-refractivity contribution in [2.24, 2.45) is 5.92 Å². The second-order valence-electron chi connectivity index (χ2n) is 7.11. The van der Waals surface area contributed by atoms with Crippen molar-refractivity contribution in [3.05, 3.63) is 70.8 Å². The summed E-state index contributed by atoms with van der Waals surface area (Å²) >= 11 is 0. The largest absolute Gasteiger partial charge is 0.469 e. The molecule has 5 nitrogen and oxygen atoms in total. The van der Waals surface area contributed by atoms with Gasteiger partial charge in [-0.3, -0.25) is 9.59 Å². The van der Waals surface area contributed by atoms with Crippen LogP contribution in [0.25, 0.3) is 0 Å². The van der Waals surface area contributed by atoms with E-state index in [1.165, 1.54) is 14.2 Å². The number of hydrogen-bond acceptors (Lipinski definition) is 5. The number of carbonyl (C=O) groups excluding carboxylic acids is 3. The minimum absolute atomic E-state index is 0.000471. The molecule has 0 aliphatic rings. The molecule has 0 radical (unpaired) electrons. The molecular formula is C24H28O5. The van der Waals surface area contributed by atoms with Crippen LogP contribution in [-0.2, 0) is 49.5 Å². The number of carbonyl (C=O) groups is 3. The number of benzene rings is 2. The topological polar surface area (TPSA) is 69.7 Å². The summed E-state index contributed by atoms with van der Waals surface area (Å²) in [6.07, 6.45) is 4.80. The lowest BCUT2D eigenvalue weighted by molar-refractivity contribution is -0.140. The van der Waals surface area contributed by atoms with Crippen molar-refractivity contribution in [3.8, 4) is 0 Å². The van der Waals surface area contributed by atoms with Gasteiger partial charge in [0, 0.05) is 5.92 Å². The van der Waals surface area contributed by atoms with E-state index in [1.54, 1.807) is 0 Å². The van der Waals surface area contributed by atoms with E-state index in [0.29, 0.717) is 0 Å². The molecule has 0 heterocycles. The molecule has 0 saturated heterocycles. The van der Waals surface area contributed by atoms with E-state index in [0.717, 1.165) is 54.2 Å². The van der Waals surface area contributed by atoms with Crippen LogP contribution in [0.5, 0.6) is 0 Å². The zero-order chi connectivity index (χ0) is 21.1. The van der Waals surface area contributed by atoms with Gasteiger partial charge >= 0.3 is 11.9 Å². The molecule has 5 heteroatoms. The zero-order valence-corrected chi connectivity index (χ0v) is 17.1. The van der Waals surface area contributed by atoms with Crippen LogP contribution in [0.3, 0.4) is 0 Å². The first-order valence-corrected chi connectivity index (χ1v) is 9.78. The van der Waals surface area contributed by atoms with E-state index in [1.807, 2.05) is 48.5 Å². The summed E-state index contributed by atoms with van der Waals surface area (Å²) < 4.78 is 9.34. The Labute approximate surface area is 172 Å². The Kier molecular flexibility index (Phi) is 9.09. The number of rotatable bonds is 11. The molecule has 2 rings (SSSR count). The Morgan fingerprint density at radius 2 is 1.07 bits per heavy atom. The number of ether oxygens (including phenoxy) is 2. The maximum absolute atomic E-state index is 11.5. The van der Waals surface area contributed by atoms with E-state index in [4.69, 9.17) is 0 Å². The van der Waals surface area contributed by atoms with Gasteiger partial charge in [0.15, 0.2) is 0 Å². The van der Waals surface area contributed by atoms with Crippen molar-refractivity contribution < 1.29 is 23.9 Å². The SMILES string of the molecule is COC(=O)Cc1ccc(CCC(C=O)CCc2ccc(CC(=O)OC)cc2)cc1. The molecule has 0 atom stereocenters. The van der Waals surface area contributed by atoms with Crippen LogP contribution in [0, 0.1) is 5.92 Å². The summed E-state index contributed by atoms with van der Waals surface area (Å²) in [6.45, 7) is 0. The maximum atomic E-state index is 11.5. The third-order valence-corrected chi connectivity index (χ3v) is 5.00. The smallest absolute Gasteiger partial charge is 0.309 e. The molecule has 0 aliphatic carbocycles. The van der Waals surface area contributed by atoms with Crippen LogP contribution in [0.2, 0.25) is 0 Å². The summed E-state index contributed by atoms with van der Waals surface area (Å²) in [7, 11) is 2.76. The van der Waals surface area contributed by atoms with Gasteiger partial charge in [-0.15, -0.1) is 0 Å². The molecule has 0 fully saturated rings. The van der Waals surface area contributed by atoms with E-state index in [9.17, 15) is 14.4 Å². The molecule has 0 unspecified atom stereocenters. The first-order valence-electron chi connectivity index (χ1n) is 9.78. The molecule has 29 heavy (non-hydrogen) atoms. The Hall–Kier alpha value is -2.95. The molecule has 0 aliphatic heterocycles. The molecule has 154 valence electrons. The normalized spacial score (nSPS) is 10.6. The van der Waals surface area contributed by atoms with Gasteiger partial charge in [-0.2, -0.15) is 0 Å². The first kappa shape index (κ1) is 22.3. The second-order valence-corrected chi connectivity index (χ2v) is 7.11. The fourth-order valence-corrected chi connectivity index (χ4v) is 3.11. The fourth-order valence-electron chi connectivity index (χ4n) is 3.11. The maximum Gasteiger partial charge on any atom is 0.309 e. The molecule has 0 bridgehead atoms. The van der Waals surface area contributed by atoms with Crippen molar-refractivity contribution in [1.29, 1.82) is 0 Å². The monoisotopic (exact) mass is 396 g/mol. The van der Waals surface area contributed by atoms with Gasteiger partial charge < -0.3 is 14.3 Å². The number of aryl methyl sites for hydroxylation is 2. The molecule has 0 saturated carbocycles. The molecule has 0 aromatic heterocycles. The lowest BCUT2D eigenvalue weighted by atomic mass is 9.93. The third-order valence-electron chi connectivity index (χ3n) is 5.00. The summed E-state index contributed by atoms with van der Waals surface area (Å²) in [5.41, 5.74) is 4.14. The number of aldehydes is 1. The molecule has 0 N–H and O–H groups in total. The standard InChI is InChI=1S/C24H28O5/c1-28-23(26)15-20-9-3-18(4-10-20)7-13-22(17-25)14-8-19-5-11-21(12-6-19)16-24(27)29-2/h3-6,9-12,17,22H,7-8,13-16H2,1-2H3. The van der Waals surface area contributed by atoms with Crippen molar-refractivity contribution in [3.63, 3.8) is 0 Å². The predicted molar refractivity (Wildman–Crippen MR) is 111 cm³/mol. The summed E-state index contributed by atoms with van der Waals surface area (Å²) in [5.74, 6) is -0.506. The number of esters is 2. The fraction of sp³-hybridized carbons (Fsp3) is 0.375. The lowest BCUT2D eigenvalue weighted by Gasteiger charge is -2.11. The van der Waals surface area contributed by atoms with Gasteiger partial charge in [0.2, 0.25) is 0 Å². The van der Waals surface area contributed by atoms with Crippen LogP contribution in [0.4, 0.5) is 0 Å². The Balaban J connectivity index is 1.79. The van der Waals surface area contributed by atoms with Crippen LogP contribution in [-0.4, -0.2) is 32.4 Å². The first-order chi connectivity index (χ1) is 14.0. The minimum atomic E-state index is -0.253. The molecule has 2 aromatic rings. The molecule has 2 aromatic carbocycles.